The van der Waals surface area contributed by atoms with Crippen molar-refractivity contribution in [1.82, 2.24) is 5.32 Å². The van der Waals surface area contributed by atoms with Crippen LogP contribution >= 0.6 is 0 Å². The topological polar surface area (TPSA) is 62.1 Å². The number of nitrogens with one attached hydrogen (secondary N) is 1. The van der Waals surface area contributed by atoms with E-state index in [1.165, 1.54) is 19.3 Å². The zero-order valence-corrected chi connectivity index (χ0v) is 11.1. The van der Waals surface area contributed by atoms with E-state index in [0.29, 0.717) is 12.5 Å². The molecular weight excluding hydrogens is 228 g/mol. The van der Waals surface area contributed by atoms with Gasteiger partial charge in [-0.05, 0) is 38.5 Å². The summed E-state index contributed by atoms with van der Waals surface area (Å²) < 4.78 is 5.51. The molecular formula is C14H22N2O2. The zero-order valence-electron chi connectivity index (χ0n) is 11.1. The quantitative estimate of drug-likeness (QED) is 0.834. The van der Waals surface area contributed by atoms with E-state index in [0.717, 1.165) is 25.7 Å². The molecule has 1 saturated carbocycles. The van der Waals surface area contributed by atoms with Crippen LogP contribution in [0.4, 0.5) is 0 Å². The Morgan fingerprint density at radius 1 is 1.39 bits per heavy atom. The van der Waals surface area contributed by atoms with Gasteiger partial charge in [0, 0.05) is 6.61 Å². The molecule has 0 radical (unpaired) electrons. The highest BCUT2D eigenvalue weighted by Gasteiger charge is 2.39. The lowest BCUT2D eigenvalue weighted by atomic mass is 9.84. The molecule has 1 amide bonds. The third-order valence-corrected chi connectivity index (χ3v) is 4.25. The van der Waals surface area contributed by atoms with Crippen molar-refractivity contribution < 1.29 is 9.53 Å². The molecule has 4 heteroatoms. The molecule has 100 valence electrons. The fraction of sp³-hybridized carbons (Fsp3) is 0.857. The molecule has 0 aromatic heterocycles. The van der Waals surface area contributed by atoms with Gasteiger partial charge in [0.1, 0.15) is 11.6 Å². The highest BCUT2D eigenvalue weighted by atomic mass is 16.5. The van der Waals surface area contributed by atoms with Crippen LogP contribution < -0.4 is 5.32 Å². The van der Waals surface area contributed by atoms with Gasteiger partial charge in [0.15, 0.2) is 0 Å². The molecule has 1 saturated heterocycles. The average molecular weight is 250 g/mol. The number of nitrogens with zero attached hydrogens (tertiary/aromatic N) is 1. The first-order valence-electron chi connectivity index (χ1n) is 7.00. The van der Waals surface area contributed by atoms with Crippen molar-refractivity contribution >= 4 is 5.91 Å². The summed E-state index contributed by atoms with van der Waals surface area (Å²) in [4.78, 5) is 12.2. The Hall–Kier alpha value is -1.08. The number of nitriles is 1. The van der Waals surface area contributed by atoms with Crippen LogP contribution in [0.5, 0.6) is 0 Å². The minimum absolute atomic E-state index is 0.114. The first-order chi connectivity index (χ1) is 8.65. The second kappa shape index (κ2) is 5.71. The summed E-state index contributed by atoms with van der Waals surface area (Å²) in [6.45, 7) is 2.47. The summed E-state index contributed by atoms with van der Waals surface area (Å²) in [5, 5.41) is 12.1. The molecule has 0 aromatic rings. The van der Waals surface area contributed by atoms with E-state index < -0.39 is 5.60 Å². The number of carbonyl (C=O) groups excluding carboxylic acids is 1. The Bertz CT molecular complexity index is 336. The second-order valence-corrected chi connectivity index (χ2v) is 5.66. The van der Waals surface area contributed by atoms with Gasteiger partial charge in [-0.2, -0.15) is 5.26 Å². The molecule has 2 fully saturated rings. The van der Waals surface area contributed by atoms with Gasteiger partial charge in [-0.1, -0.05) is 19.3 Å². The SMILES string of the molecule is CC1(C(=O)NC(C#N)C2CCCCC2)CCCO1. The van der Waals surface area contributed by atoms with Gasteiger partial charge in [-0.15, -0.1) is 0 Å². The molecule has 1 heterocycles. The van der Waals surface area contributed by atoms with Crippen molar-refractivity contribution in [3.8, 4) is 6.07 Å². The van der Waals surface area contributed by atoms with Gasteiger partial charge >= 0.3 is 0 Å². The second-order valence-electron chi connectivity index (χ2n) is 5.66. The molecule has 1 N–H and O–H groups in total. The number of carbonyl (C=O) groups is 1. The summed E-state index contributed by atoms with van der Waals surface area (Å²) >= 11 is 0. The molecule has 4 nitrogen and oxygen atoms in total. The fourth-order valence-corrected chi connectivity index (χ4v) is 2.98. The lowest BCUT2D eigenvalue weighted by Gasteiger charge is -2.29. The largest absolute Gasteiger partial charge is 0.365 e. The molecule has 0 spiro atoms. The highest BCUT2D eigenvalue weighted by Crippen LogP contribution is 2.28. The lowest BCUT2D eigenvalue weighted by molar-refractivity contribution is -0.140. The van der Waals surface area contributed by atoms with Crippen LogP contribution in [0.2, 0.25) is 0 Å². The maximum Gasteiger partial charge on any atom is 0.253 e. The van der Waals surface area contributed by atoms with Crippen LogP contribution in [0, 0.1) is 17.2 Å². The van der Waals surface area contributed by atoms with Gasteiger partial charge < -0.3 is 10.1 Å². The molecule has 2 aliphatic rings. The van der Waals surface area contributed by atoms with Crippen molar-refractivity contribution in [3.63, 3.8) is 0 Å². The van der Waals surface area contributed by atoms with Crippen LogP contribution in [-0.4, -0.2) is 24.2 Å². The van der Waals surface area contributed by atoms with Crippen LogP contribution in [-0.2, 0) is 9.53 Å². The van der Waals surface area contributed by atoms with E-state index in [2.05, 4.69) is 11.4 Å². The van der Waals surface area contributed by atoms with Gasteiger partial charge in [0.05, 0.1) is 6.07 Å². The van der Waals surface area contributed by atoms with E-state index >= 15 is 0 Å². The average Bonchev–Trinajstić information content (AvgIpc) is 2.85. The van der Waals surface area contributed by atoms with Crippen LogP contribution in [0.3, 0.4) is 0 Å². The van der Waals surface area contributed by atoms with Crippen molar-refractivity contribution in [2.45, 2.75) is 63.5 Å². The number of hydrogen-bond acceptors (Lipinski definition) is 3. The molecule has 1 aliphatic heterocycles. The maximum absolute atomic E-state index is 12.2. The molecule has 1 aliphatic carbocycles. The molecule has 2 rings (SSSR count). The van der Waals surface area contributed by atoms with E-state index in [-0.39, 0.29) is 11.9 Å². The molecule has 18 heavy (non-hydrogen) atoms. The predicted octanol–water partition coefficient (Wildman–Crippen LogP) is 2.14. The van der Waals surface area contributed by atoms with Crippen LogP contribution in [0.15, 0.2) is 0 Å². The fourth-order valence-electron chi connectivity index (χ4n) is 2.98. The van der Waals surface area contributed by atoms with Gasteiger partial charge in [-0.3, -0.25) is 4.79 Å². The number of hydrogen-bond donors (Lipinski definition) is 1. The van der Waals surface area contributed by atoms with Crippen LogP contribution in [0.25, 0.3) is 0 Å². The number of amides is 1. The van der Waals surface area contributed by atoms with E-state index in [4.69, 9.17) is 4.74 Å². The first-order valence-corrected chi connectivity index (χ1v) is 7.00. The minimum Gasteiger partial charge on any atom is -0.365 e. The van der Waals surface area contributed by atoms with Crippen molar-refractivity contribution in [1.29, 1.82) is 5.26 Å². The Labute approximate surface area is 109 Å². The zero-order chi connectivity index (χ0) is 13.0. The normalized spacial score (nSPS) is 30.7. The summed E-state index contributed by atoms with van der Waals surface area (Å²) in [6, 6.07) is 1.91. The summed E-state index contributed by atoms with van der Waals surface area (Å²) in [7, 11) is 0. The Balaban J connectivity index is 1.93. The highest BCUT2D eigenvalue weighted by molar-refractivity contribution is 5.85. The minimum atomic E-state index is -0.718. The van der Waals surface area contributed by atoms with Gasteiger partial charge in [0.2, 0.25) is 0 Å². The summed E-state index contributed by atoms with van der Waals surface area (Å²) in [5.41, 5.74) is -0.718. The molecule has 2 atom stereocenters. The maximum atomic E-state index is 12.2. The van der Waals surface area contributed by atoms with E-state index in [1.54, 1.807) is 0 Å². The monoisotopic (exact) mass is 250 g/mol. The Morgan fingerprint density at radius 3 is 2.67 bits per heavy atom. The summed E-state index contributed by atoms with van der Waals surface area (Å²) in [5.74, 6) is 0.204. The summed E-state index contributed by atoms with van der Waals surface area (Å²) in [6.07, 6.45) is 7.38. The third-order valence-electron chi connectivity index (χ3n) is 4.25. The Kier molecular flexibility index (Phi) is 4.23. The van der Waals surface area contributed by atoms with Crippen LogP contribution in [0.1, 0.15) is 51.9 Å². The van der Waals surface area contributed by atoms with Crippen molar-refractivity contribution in [3.05, 3.63) is 0 Å². The smallest absolute Gasteiger partial charge is 0.253 e. The Morgan fingerprint density at radius 2 is 2.11 bits per heavy atom. The van der Waals surface area contributed by atoms with Crippen molar-refractivity contribution in [2.75, 3.05) is 6.61 Å². The lowest BCUT2D eigenvalue weighted by Crippen LogP contribution is -2.50. The first kappa shape index (κ1) is 13.4. The van der Waals surface area contributed by atoms with E-state index in [9.17, 15) is 10.1 Å². The van der Waals surface area contributed by atoms with Gasteiger partial charge in [-0.25, -0.2) is 0 Å². The third kappa shape index (κ3) is 2.84. The van der Waals surface area contributed by atoms with E-state index in [1.807, 2.05) is 6.92 Å². The molecule has 2 unspecified atom stereocenters. The van der Waals surface area contributed by atoms with Crippen molar-refractivity contribution in [2.24, 2.45) is 5.92 Å². The standard InChI is InChI=1S/C14H22N2O2/c1-14(8-5-9-18-14)13(17)16-12(10-15)11-6-3-2-4-7-11/h11-12H,2-9H2,1H3,(H,16,17). The molecule has 0 bridgehead atoms. The number of rotatable bonds is 3. The molecule has 0 aromatic carbocycles. The predicted molar refractivity (Wildman–Crippen MR) is 67.7 cm³/mol. The number of ether oxygens (including phenoxy) is 1. The van der Waals surface area contributed by atoms with Gasteiger partial charge in [0.25, 0.3) is 5.91 Å².